The van der Waals surface area contributed by atoms with Crippen molar-refractivity contribution >= 4 is 12.0 Å². The van der Waals surface area contributed by atoms with E-state index in [4.69, 9.17) is 0 Å². The number of hydrogen-bond acceptors (Lipinski definition) is 2. The van der Waals surface area contributed by atoms with E-state index < -0.39 is 0 Å². The van der Waals surface area contributed by atoms with Crippen molar-refractivity contribution in [2.75, 3.05) is 26.2 Å². The maximum atomic E-state index is 11.7. The van der Waals surface area contributed by atoms with Crippen molar-refractivity contribution in [3.05, 3.63) is 42.0 Å². The molecule has 2 rings (SSSR count). The lowest BCUT2D eigenvalue weighted by molar-refractivity contribution is -0.116. The van der Waals surface area contributed by atoms with E-state index in [0.717, 1.165) is 25.1 Å². The number of likely N-dealkylation sites (tertiary alicyclic amines) is 1. The summed E-state index contributed by atoms with van der Waals surface area (Å²) in [6, 6.07) is 9.88. The van der Waals surface area contributed by atoms with Crippen molar-refractivity contribution in [3.8, 4) is 0 Å². The molecule has 20 heavy (non-hydrogen) atoms. The van der Waals surface area contributed by atoms with E-state index in [-0.39, 0.29) is 5.91 Å². The summed E-state index contributed by atoms with van der Waals surface area (Å²) in [5.41, 5.74) is 1.05. The SMILES string of the molecule is O=C(/C=C/c1ccccc1)NCCCN1CCCCC1. The smallest absolute Gasteiger partial charge is 0.243 e. The Balaban J connectivity index is 1.59. The van der Waals surface area contributed by atoms with Gasteiger partial charge >= 0.3 is 0 Å². The molecule has 0 atom stereocenters. The van der Waals surface area contributed by atoms with Crippen molar-refractivity contribution < 1.29 is 4.79 Å². The first-order valence-electron chi connectivity index (χ1n) is 7.58. The number of carbonyl (C=O) groups excluding carboxylic acids is 1. The predicted octanol–water partition coefficient (Wildman–Crippen LogP) is 2.69. The molecular weight excluding hydrogens is 248 g/mol. The first kappa shape index (κ1) is 14.8. The van der Waals surface area contributed by atoms with Crippen LogP contribution in [0.2, 0.25) is 0 Å². The van der Waals surface area contributed by atoms with Gasteiger partial charge in [-0.3, -0.25) is 4.79 Å². The fourth-order valence-electron chi connectivity index (χ4n) is 2.49. The molecule has 0 saturated carbocycles. The van der Waals surface area contributed by atoms with Gasteiger partial charge in [-0.25, -0.2) is 0 Å². The van der Waals surface area contributed by atoms with E-state index in [0.29, 0.717) is 0 Å². The molecule has 1 amide bonds. The topological polar surface area (TPSA) is 32.3 Å². The van der Waals surface area contributed by atoms with Gasteiger partial charge in [-0.2, -0.15) is 0 Å². The Morgan fingerprint density at radius 1 is 1.15 bits per heavy atom. The molecule has 0 aliphatic carbocycles. The average molecular weight is 272 g/mol. The first-order chi connectivity index (χ1) is 9.84. The zero-order valence-corrected chi connectivity index (χ0v) is 12.1. The molecule has 1 aliphatic heterocycles. The molecule has 0 aromatic heterocycles. The number of piperidine rings is 1. The van der Waals surface area contributed by atoms with Crippen LogP contribution in [0.5, 0.6) is 0 Å². The molecule has 1 saturated heterocycles. The number of amides is 1. The van der Waals surface area contributed by atoms with Crippen LogP contribution in [0.3, 0.4) is 0 Å². The highest BCUT2D eigenvalue weighted by Gasteiger charge is 2.08. The number of nitrogens with zero attached hydrogens (tertiary/aromatic N) is 1. The van der Waals surface area contributed by atoms with Crippen molar-refractivity contribution in [2.24, 2.45) is 0 Å². The fourth-order valence-corrected chi connectivity index (χ4v) is 2.49. The van der Waals surface area contributed by atoms with Crippen LogP contribution in [0.4, 0.5) is 0 Å². The van der Waals surface area contributed by atoms with Crippen LogP contribution in [0.1, 0.15) is 31.2 Å². The van der Waals surface area contributed by atoms with Crippen molar-refractivity contribution in [1.82, 2.24) is 10.2 Å². The van der Waals surface area contributed by atoms with Crippen molar-refractivity contribution in [2.45, 2.75) is 25.7 Å². The Bertz CT molecular complexity index is 422. The maximum absolute atomic E-state index is 11.7. The standard InChI is InChI=1S/C17H24N2O/c20-17(11-10-16-8-3-1-4-9-16)18-12-7-15-19-13-5-2-6-14-19/h1,3-4,8-11H,2,5-7,12-15H2,(H,18,20)/b11-10+. The monoisotopic (exact) mass is 272 g/mol. The van der Waals surface area contributed by atoms with E-state index in [1.807, 2.05) is 36.4 Å². The highest BCUT2D eigenvalue weighted by atomic mass is 16.1. The highest BCUT2D eigenvalue weighted by Crippen LogP contribution is 2.08. The molecular formula is C17H24N2O. The van der Waals surface area contributed by atoms with Crippen LogP contribution in [0.25, 0.3) is 6.08 Å². The van der Waals surface area contributed by atoms with E-state index in [1.54, 1.807) is 6.08 Å². The van der Waals surface area contributed by atoms with Gasteiger partial charge in [-0.15, -0.1) is 0 Å². The molecule has 0 unspecified atom stereocenters. The van der Waals surface area contributed by atoms with Crippen LogP contribution in [-0.4, -0.2) is 37.0 Å². The van der Waals surface area contributed by atoms with E-state index in [1.165, 1.54) is 32.4 Å². The van der Waals surface area contributed by atoms with E-state index in [9.17, 15) is 4.79 Å². The summed E-state index contributed by atoms with van der Waals surface area (Å²) >= 11 is 0. The second-order valence-corrected chi connectivity index (χ2v) is 5.29. The molecule has 108 valence electrons. The Morgan fingerprint density at radius 2 is 1.90 bits per heavy atom. The van der Waals surface area contributed by atoms with Gasteiger partial charge < -0.3 is 10.2 Å². The van der Waals surface area contributed by atoms with Crippen LogP contribution in [0, 0.1) is 0 Å². The van der Waals surface area contributed by atoms with Crippen LogP contribution in [0.15, 0.2) is 36.4 Å². The van der Waals surface area contributed by atoms with Crippen LogP contribution >= 0.6 is 0 Å². The lowest BCUT2D eigenvalue weighted by atomic mass is 10.1. The predicted molar refractivity (Wildman–Crippen MR) is 83.4 cm³/mol. The third-order valence-electron chi connectivity index (χ3n) is 3.63. The van der Waals surface area contributed by atoms with Gasteiger partial charge in [0.05, 0.1) is 0 Å². The lowest BCUT2D eigenvalue weighted by Crippen LogP contribution is -2.33. The molecule has 1 aromatic carbocycles. The number of hydrogen-bond donors (Lipinski definition) is 1. The normalized spacial score (nSPS) is 16.4. The number of benzene rings is 1. The molecule has 1 heterocycles. The average Bonchev–Trinajstić information content (AvgIpc) is 2.52. The largest absolute Gasteiger partial charge is 0.353 e. The Morgan fingerprint density at radius 3 is 2.65 bits per heavy atom. The van der Waals surface area contributed by atoms with Crippen molar-refractivity contribution in [1.29, 1.82) is 0 Å². The molecule has 3 nitrogen and oxygen atoms in total. The van der Waals surface area contributed by atoms with Crippen molar-refractivity contribution in [3.63, 3.8) is 0 Å². The van der Waals surface area contributed by atoms with E-state index >= 15 is 0 Å². The minimum absolute atomic E-state index is 0.00695. The summed E-state index contributed by atoms with van der Waals surface area (Å²) in [5, 5.41) is 2.94. The summed E-state index contributed by atoms with van der Waals surface area (Å²) < 4.78 is 0. The highest BCUT2D eigenvalue weighted by molar-refractivity contribution is 5.91. The quantitative estimate of drug-likeness (QED) is 0.638. The molecule has 0 radical (unpaired) electrons. The maximum Gasteiger partial charge on any atom is 0.243 e. The van der Waals surface area contributed by atoms with Gasteiger partial charge in [0.2, 0.25) is 5.91 Å². The van der Waals surface area contributed by atoms with Gasteiger partial charge in [0.1, 0.15) is 0 Å². The third kappa shape index (κ3) is 5.57. The summed E-state index contributed by atoms with van der Waals surface area (Å²) in [6.07, 6.45) is 8.51. The number of nitrogens with one attached hydrogen (secondary N) is 1. The summed E-state index contributed by atoms with van der Waals surface area (Å²) in [4.78, 5) is 14.2. The Kier molecular flexibility index (Phi) is 6.32. The third-order valence-corrected chi connectivity index (χ3v) is 3.63. The van der Waals surface area contributed by atoms with Gasteiger partial charge in [-0.05, 0) is 50.5 Å². The van der Waals surface area contributed by atoms with Crippen LogP contribution < -0.4 is 5.32 Å². The summed E-state index contributed by atoms with van der Waals surface area (Å²) in [7, 11) is 0. The number of carbonyl (C=O) groups is 1. The first-order valence-corrected chi connectivity index (χ1v) is 7.58. The molecule has 1 aliphatic rings. The molecule has 1 fully saturated rings. The minimum Gasteiger partial charge on any atom is -0.353 e. The number of rotatable bonds is 6. The molecule has 1 aromatic rings. The lowest BCUT2D eigenvalue weighted by Gasteiger charge is -2.26. The van der Waals surface area contributed by atoms with Gasteiger partial charge in [0.15, 0.2) is 0 Å². The zero-order valence-electron chi connectivity index (χ0n) is 12.1. The van der Waals surface area contributed by atoms with Gasteiger partial charge in [-0.1, -0.05) is 36.8 Å². The minimum atomic E-state index is -0.00695. The van der Waals surface area contributed by atoms with Crippen LogP contribution in [-0.2, 0) is 4.79 Å². The molecule has 0 spiro atoms. The van der Waals surface area contributed by atoms with Gasteiger partial charge in [0.25, 0.3) is 0 Å². The molecule has 3 heteroatoms. The Labute approximate surface area is 121 Å². The van der Waals surface area contributed by atoms with Gasteiger partial charge in [0, 0.05) is 12.6 Å². The second-order valence-electron chi connectivity index (χ2n) is 5.29. The summed E-state index contributed by atoms with van der Waals surface area (Å²) in [6.45, 7) is 4.31. The van der Waals surface area contributed by atoms with E-state index in [2.05, 4.69) is 10.2 Å². The zero-order chi connectivity index (χ0) is 14.0. The second kappa shape index (κ2) is 8.54. The summed E-state index contributed by atoms with van der Waals surface area (Å²) in [5.74, 6) is -0.00695. The molecule has 1 N–H and O–H groups in total. The molecule has 0 bridgehead atoms. The Hall–Kier alpha value is -1.61. The fraction of sp³-hybridized carbons (Fsp3) is 0.471.